The number of hydrogen-bond acceptors (Lipinski definition) is 0. The Morgan fingerprint density at radius 2 is 1.80 bits per heavy atom. The molecule has 2 radical (unpaired) electrons. The molecule has 0 rings (SSSR count). The SMILES string of the molecule is [C]=C=C(C)C. The summed E-state index contributed by atoms with van der Waals surface area (Å²) in [5.74, 6) is 0. The Morgan fingerprint density at radius 3 is 1.80 bits per heavy atom. The van der Waals surface area contributed by atoms with E-state index in [0.717, 1.165) is 5.57 Å². The van der Waals surface area contributed by atoms with E-state index in [0.29, 0.717) is 0 Å². The molecule has 5 heavy (non-hydrogen) atoms. The van der Waals surface area contributed by atoms with Gasteiger partial charge in [-0.05, 0) is 19.4 Å². The molecule has 0 spiro atoms. The quantitative estimate of drug-likeness (QED) is 0.375. The lowest BCUT2D eigenvalue weighted by molar-refractivity contribution is 1.41. The van der Waals surface area contributed by atoms with Gasteiger partial charge in [0.05, 0.1) is 0 Å². The molecule has 0 aliphatic rings. The third-order valence-corrected chi connectivity index (χ3v) is 0.250. The normalized spacial score (nSPS) is 6.00. The molecule has 0 saturated heterocycles. The van der Waals surface area contributed by atoms with Crippen LogP contribution in [0, 0.1) is 6.58 Å². The van der Waals surface area contributed by atoms with Gasteiger partial charge in [0.1, 0.15) is 0 Å². The zero-order chi connectivity index (χ0) is 4.28. The van der Waals surface area contributed by atoms with Crippen molar-refractivity contribution in [1.29, 1.82) is 0 Å². The van der Waals surface area contributed by atoms with Crippen molar-refractivity contribution in [3.63, 3.8) is 0 Å². The van der Waals surface area contributed by atoms with Crippen molar-refractivity contribution >= 4 is 0 Å². The molecule has 0 aromatic rings. The highest BCUT2D eigenvalue weighted by Crippen LogP contribution is 1.77. The topological polar surface area (TPSA) is 0 Å². The predicted molar refractivity (Wildman–Crippen MR) is 21.6 cm³/mol. The Labute approximate surface area is 32.8 Å². The maximum atomic E-state index is 6.37. The van der Waals surface area contributed by atoms with Gasteiger partial charge in [-0.15, -0.1) is 5.73 Å². The molecule has 0 aromatic carbocycles. The van der Waals surface area contributed by atoms with Crippen LogP contribution in [0.4, 0.5) is 0 Å². The zero-order valence-electron chi connectivity index (χ0n) is 3.50. The smallest absolute Gasteiger partial charge is 0.0490 e. The van der Waals surface area contributed by atoms with E-state index in [1.165, 1.54) is 0 Å². The summed E-state index contributed by atoms with van der Waals surface area (Å²) in [7, 11) is 0. The minimum atomic E-state index is 0.921. The van der Waals surface area contributed by atoms with Gasteiger partial charge in [-0.2, -0.15) is 0 Å². The first-order chi connectivity index (χ1) is 2.27. The highest BCUT2D eigenvalue weighted by Gasteiger charge is 1.58. The van der Waals surface area contributed by atoms with Crippen molar-refractivity contribution in [1.82, 2.24) is 0 Å². The molecule has 0 aliphatic heterocycles. The van der Waals surface area contributed by atoms with Crippen LogP contribution in [0.1, 0.15) is 13.8 Å². The van der Waals surface area contributed by atoms with E-state index in [1.807, 2.05) is 13.8 Å². The molecule has 26 valence electrons. The zero-order valence-corrected chi connectivity index (χ0v) is 3.50. The van der Waals surface area contributed by atoms with Crippen LogP contribution in [-0.4, -0.2) is 0 Å². The average Bonchev–Trinajstić information content (AvgIpc) is 1.38. The number of hydrogen-bond donors (Lipinski definition) is 0. The molecule has 0 bridgehead atoms. The van der Waals surface area contributed by atoms with E-state index in [2.05, 4.69) is 5.73 Å². The molecule has 0 aliphatic carbocycles. The molecule has 0 N–H and O–H groups in total. The summed E-state index contributed by atoms with van der Waals surface area (Å²) < 4.78 is 0. The minimum Gasteiger partial charge on any atom is -0.112 e. The second-order valence-corrected chi connectivity index (χ2v) is 1.12. The largest absolute Gasteiger partial charge is 0.112 e. The fourth-order valence-corrected chi connectivity index (χ4v) is 0. The van der Waals surface area contributed by atoms with E-state index >= 15 is 0 Å². The first-order valence-corrected chi connectivity index (χ1v) is 1.50. The lowest BCUT2D eigenvalue weighted by atomic mass is 10.4. The molecule has 0 unspecified atom stereocenters. The first kappa shape index (κ1) is 4.52. The second-order valence-electron chi connectivity index (χ2n) is 1.12. The summed E-state index contributed by atoms with van der Waals surface area (Å²) in [6.45, 7) is 10.1. The van der Waals surface area contributed by atoms with Crippen LogP contribution in [-0.2, 0) is 0 Å². The van der Waals surface area contributed by atoms with Gasteiger partial charge < -0.3 is 0 Å². The van der Waals surface area contributed by atoms with Gasteiger partial charge in [0, 0.05) is 6.58 Å². The van der Waals surface area contributed by atoms with E-state index in [4.69, 9.17) is 6.58 Å². The van der Waals surface area contributed by atoms with Crippen molar-refractivity contribution in [3.8, 4) is 0 Å². The Bertz CT molecular complexity index is 60.1. The van der Waals surface area contributed by atoms with Crippen LogP contribution in [0.5, 0.6) is 0 Å². The van der Waals surface area contributed by atoms with Crippen molar-refractivity contribution in [3.05, 3.63) is 17.9 Å². The Kier molecular flexibility index (Phi) is 1.63. The summed E-state index contributed by atoms with van der Waals surface area (Å²) in [6, 6.07) is 0. The van der Waals surface area contributed by atoms with E-state index in [-0.39, 0.29) is 0 Å². The lowest BCUT2D eigenvalue weighted by Crippen LogP contribution is -1.47. The van der Waals surface area contributed by atoms with E-state index in [9.17, 15) is 0 Å². The third-order valence-electron chi connectivity index (χ3n) is 0.250. The summed E-state index contributed by atoms with van der Waals surface area (Å²) >= 11 is 0. The average molecular weight is 66.1 g/mol. The van der Waals surface area contributed by atoms with Crippen LogP contribution in [0.3, 0.4) is 0 Å². The Hall–Kier alpha value is -0.480. The summed E-state index contributed by atoms with van der Waals surface area (Å²) in [4.78, 5) is 0. The van der Waals surface area contributed by atoms with Gasteiger partial charge in [0.25, 0.3) is 0 Å². The third kappa shape index (κ3) is 3.52. The standard InChI is InChI=1S/C5H6/c1-4-5(2)3/h2-3H3. The molecule has 0 heterocycles. The molecule has 0 atom stereocenters. The fraction of sp³-hybridized carbons (Fsp3) is 0.400. The summed E-state index contributed by atoms with van der Waals surface area (Å²) in [5, 5.41) is 0. The van der Waals surface area contributed by atoms with Crippen LogP contribution in [0.15, 0.2) is 11.3 Å². The molecule has 0 saturated carbocycles. The van der Waals surface area contributed by atoms with Crippen LogP contribution < -0.4 is 0 Å². The van der Waals surface area contributed by atoms with Gasteiger partial charge >= 0.3 is 0 Å². The van der Waals surface area contributed by atoms with Crippen molar-refractivity contribution in [2.45, 2.75) is 13.8 Å². The van der Waals surface area contributed by atoms with E-state index in [1.54, 1.807) is 0 Å². The van der Waals surface area contributed by atoms with Gasteiger partial charge in [0.2, 0.25) is 0 Å². The molecule has 0 aromatic heterocycles. The Morgan fingerprint density at radius 1 is 1.60 bits per heavy atom. The second kappa shape index (κ2) is 1.80. The van der Waals surface area contributed by atoms with Gasteiger partial charge in [-0.1, -0.05) is 0 Å². The van der Waals surface area contributed by atoms with Crippen LogP contribution in [0.25, 0.3) is 0 Å². The number of allylic oxidation sites excluding steroid dienone is 1. The molecular formula is C5H6. The molecule has 0 heteroatoms. The highest BCUT2D eigenvalue weighted by atomic mass is 13.6. The van der Waals surface area contributed by atoms with Crippen molar-refractivity contribution in [2.24, 2.45) is 0 Å². The van der Waals surface area contributed by atoms with Crippen LogP contribution in [0.2, 0.25) is 0 Å². The Balaban J connectivity index is 3.60. The van der Waals surface area contributed by atoms with Crippen molar-refractivity contribution in [2.75, 3.05) is 0 Å². The van der Waals surface area contributed by atoms with Crippen LogP contribution >= 0.6 is 0 Å². The maximum Gasteiger partial charge on any atom is 0.0490 e. The number of rotatable bonds is 0. The maximum absolute atomic E-state index is 6.37. The van der Waals surface area contributed by atoms with Crippen molar-refractivity contribution < 1.29 is 0 Å². The predicted octanol–water partition coefficient (Wildman–Crippen LogP) is 1.42. The van der Waals surface area contributed by atoms with Gasteiger partial charge in [0.15, 0.2) is 0 Å². The van der Waals surface area contributed by atoms with Gasteiger partial charge in [-0.3, -0.25) is 0 Å². The molecule has 0 amide bonds. The molecular weight excluding hydrogens is 60.1 g/mol. The highest BCUT2D eigenvalue weighted by molar-refractivity contribution is 4.85. The summed E-state index contributed by atoms with van der Waals surface area (Å²) in [6.07, 6.45) is 0. The lowest BCUT2D eigenvalue weighted by Gasteiger charge is -1.66. The first-order valence-electron chi connectivity index (χ1n) is 1.50. The van der Waals surface area contributed by atoms with E-state index < -0.39 is 0 Å². The van der Waals surface area contributed by atoms with Gasteiger partial charge in [-0.25, -0.2) is 0 Å². The summed E-state index contributed by atoms with van der Waals surface area (Å²) in [5.41, 5.74) is 3.12. The molecule has 0 nitrogen and oxygen atoms in total. The fourth-order valence-electron chi connectivity index (χ4n) is 0. The monoisotopic (exact) mass is 66.0 g/mol. The molecule has 0 fully saturated rings. The minimum absolute atomic E-state index is 0.921.